The van der Waals surface area contributed by atoms with Gasteiger partial charge in [0.05, 0.1) is 40.6 Å². The zero-order valence-corrected chi connectivity index (χ0v) is 56.6. The molecule has 3 aromatic carbocycles. The van der Waals surface area contributed by atoms with Crippen molar-refractivity contribution in [3.8, 4) is 0 Å². The molecule has 3 N–H and O–H groups in total. The standard InChI is InChI=1S/C28H44BFN2O5SSi.C19H14F2N4S.C8H4FIN2.C7H8O3S/c1-25(2,3)35-24(33)32(19-34-15-17-39(9,10)11)23-31-28(8,14-16-38-23)21-18-20(12-13-22(21)30)29-36-26(4,5)27(6,7)37-29;1-19(7-8-26-18(22)25-19)14-9-12(3-5-15(14)20)10-16(21)17-6-4-13(23-2)11-24-17;1-11-6-2-3-8(12-5-6)7(9)4-10;1-6-2-4-7(5-3-6)11(8,9)10/h12-14,16,18H,15,17,19H2,1-11H3;3-11H,1H3,(H2,22,25);2-5H;2-5H,1H3,(H,8,9,10)/b;16-10-;7-4-;/t28-;19-;;/m00../s1. The molecule has 1 saturated heterocycles. The molecular weight excluding hydrogens is 1320 g/mol. The van der Waals surface area contributed by atoms with Crippen molar-refractivity contribution < 1.29 is 54.1 Å². The molecule has 5 heterocycles. The summed E-state index contributed by atoms with van der Waals surface area (Å²) in [5, 5.41) is 4.30. The average Bonchev–Trinajstić information content (AvgIpc) is 1.62. The van der Waals surface area contributed by atoms with Crippen LogP contribution in [0.25, 0.3) is 27.4 Å². The summed E-state index contributed by atoms with van der Waals surface area (Å²) in [5.41, 5.74) is 5.87. The van der Waals surface area contributed by atoms with E-state index in [1.165, 1.54) is 106 Å². The quantitative estimate of drug-likeness (QED) is 0.0228. The lowest BCUT2D eigenvalue weighted by molar-refractivity contribution is 0.00578. The van der Waals surface area contributed by atoms with E-state index >= 15 is 4.39 Å². The zero-order valence-electron chi connectivity index (χ0n) is 51.0. The number of nitrogens with zero attached hydrogens (tertiary/aromatic N) is 7. The van der Waals surface area contributed by atoms with Gasteiger partial charge in [-0.25, -0.2) is 46.9 Å². The van der Waals surface area contributed by atoms with Crippen molar-refractivity contribution in [1.82, 2.24) is 14.9 Å². The molecule has 2 aromatic heterocycles. The number of thioether (sulfide) groups is 2. The number of pyridine rings is 2. The summed E-state index contributed by atoms with van der Waals surface area (Å²) >= 11 is 4.33. The van der Waals surface area contributed by atoms with Gasteiger partial charge in [0.25, 0.3) is 10.1 Å². The first-order valence-electron chi connectivity index (χ1n) is 27.1. The highest BCUT2D eigenvalue weighted by Crippen LogP contribution is 2.40. The molecule has 26 heteroatoms. The predicted octanol–water partition coefficient (Wildman–Crippen LogP) is 16.1. The summed E-state index contributed by atoms with van der Waals surface area (Å²) in [5.74, 6) is -1.82. The van der Waals surface area contributed by atoms with Crippen LogP contribution in [0.4, 0.5) is 33.7 Å². The maximum atomic E-state index is 15.3. The van der Waals surface area contributed by atoms with E-state index in [1.54, 1.807) is 71.3 Å². The summed E-state index contributed by atoms with van der Waals surface area (Å²) in [7, 11) is -5.97. The number of halogens is 5. The minimum atomic E-state index is -4.02. The summed E-state index contributed by atoms with van der Waals surface area (Å²) in [4.78, 5) is 37.8. The van der Waals surface area contributed by atoms with Gasteiger partial charge in [-0.3, -0.25) is 14.5 Å². The number of rotatable bonds is 12. The van der Waals surface area contributed by atoms with Crippen molar-refractivity contribution >= 4 is 122 Å². The fourth-order valence-corrected chi connectivity index (χ4v) is 11.0. The largest absolute Gasteiger partial charge is 0.494 e. The highest BCUT2D eigenvalue weighted by molar-refractivity contribution is 14.1. The van der Waals surface area contributed by atoms with Gasteiger partial charge in [0.1, 0.15) is 40.9 Å². The molecule has 5 aromatic rings. The van der Waals surface area contributed by atoms with Crippen LogP contribution in [-0.2, 0) is 40.0 Å². The molecule has 0 spiro atoms. The first-order chi connectivity index (χ1) is 40.9. The molecule has 0 saturated carbocycles. The monoisotopic (exact) mass is 1390 g/mol. The topological polar surface area (TPSA) is 197 Å². The van der Waals surface area contributed by atoms with E-state index in [9.17, 15) is 26.4 Å². The molecule has 16 nitrogen and oxygen atoms in total. The number of benzene rings is 3. The minimum absolute atomic E-state index is 0.00835. The number of aliphatic imine (C=N–C) groups is 2. The maximum absolute atomic E-state index is 15.3. The molecule has 88 heavy (non-hydrogen) atoms. The number of aromatic nitrogens is 2. The van der Waals surface area contributed by atoms with Crippen LogP contribution in [0.3, 0.4) is 0 Å². The highest BCUT2D eigenvalue weighted by Gasteiger charge is 2.52. The third-order valence-electron chi connectivity index (χ3n) is 13.4. The first-order valence-corrected chi connectivity index (χ1v) is 35.3. The fraction of sp³-hybridized carbons (Fsp3) is 0.339. The number of aryl methyl sites for hydroxylation is 1. The number of hydrogen-bond donors (Lipinski definition) is 2. The molecule has 466 valence electrons. The lowest BCUT2D eigenvalue weighted by atomic mass is 9.76. The molecule has 0 aliphatic carbocycles. The van der Waals surface area contributed by atoms with Crippen LogP contribution in [0.5, 0.6) is 0 Å². The second-order valence-electron chi connectivity index (χ2n) is 23.6. The minimum Gasteiger partial charge on any atom is -0.443 e. The lowest BCUT2D eigenvalue weighted by Crippen LogP contribution is -2.43. The molecule has 3 aliphatic rings. The summed E-state index contributed by atoms with van der Waals surface area (Å²) in [6.07, 6.45) is 6.93. The van der Waals surface area contributed by atoms with Crippen molar-refractivity contribution in [3.05, 3.63) is 192 Å². The van der Waals surface area contributed by atoms with Gasteiger partial charge in [-0.1, -0.05) is 91.2 Å². The highest BCUT2D eigenvalue weighted by atomic mass is 127. The second-order valence-corrected chi connectivity index (χ2v) is 33.0. The van der Waals surface area contributed by atoms with Crippen molar-refractivity contribution in [2.24, 2.45) is 15.7 Å². The average molecular weight is 1390 g/mol. The molecule has 8 rings (SSSR count). The number of ether oxygens (including phenoxy) is 2. The molecular formula is C62H70BF4IN8O8S3Si. The molecule has 0 unspecified atom stereocenters. The number of amides is 1. The van der Waals surface area contributed by atoms with Gasteiger partial charge in [0.2, 0.25) is 11.4 Å². The van der Waals surface area contributed by atoms with E-state index < -0.39 is 76.7 Å². The summed E-state index contributed by atoms with van der Waals surface area (Å²) in [6, 6.07) is 22.0. The van der Waals surface area contributed by atoms with Crippen LogP contribution in [0.1, 0.15) is 96.0 Å². The van der Waals surface area contributed by atoms with E-state index in [4.69, 9.17) is 47.2 Å². The lowest BCUT2D eigenvalue weighted by Gasteiger charge is -2.32. The van der Waals surface area contributed by atoms with Gasteiger partial charge in [0, 0.05) is 42.3 Å². The fourth-order valence-electron chi connectivity index (χ4n) is 7.73. The molecule has 2 atom stereocenters. The van der Waals surface area contributed by atoms with Crippen LogP contribution in [0.2, 0.25) is 25.7 Å². The third-order valence-corrected chi connectivity index (χ3v) is 17.9. The third kappa shape index (κ3) is 20.8. The number of hydrogen-bond acceptors (Lipinski definition) is 14. The van der Waals surface area contributed by atoms with Gasteiger partial charge in [-0.2, -0.15) is 8.42 Å². The first kappa shape index (κ1) is 72.3. The van der Waals surface area contributed by atoms with Crippen molar-refractivity contribution in [2.75, 3.05) is 13.3 Å². The number of carbonyl (C=O) groups is 1. The van der Waals surface area contributed by atoms with Crippen LogP contribution in [0, 0.1) is 31.7 Å². The molecule has 1 fully saturated rings. The predicted molar refractivity (Wildman–Crippen MR) is 357 cm³/mol. The van der Waals surface area contributed by atoms with Gasteiger partial charge >= 0.3 is 13.2 Å². The van der Waals surface area contributed by atoms with Gasteiger partial charge in [0.15, 0.2) is 16.2 Å². The number of nitrogens with two attached hydrogens (primary N) is 1. The van der Waals surface area contributed by atoms with E-state index in [2.05, 4.69) is 44.3 Å². The second kappa shape index (κ2) is 30.4. The van der Waals surface area contributed by atoms with E-state index in [-0.39, 0.29) is 28.8 Å². The Bertz CT molecular complexity index is 3690. The smallest absolute Gasteiger partial charge is 0.443 e. The number of carbonyl (C=O) groups excluding carboxylic acids is 1. The van der Waals surface area contributed by atoms with Crippen molar-refractivity contribution in [2.45, 2.75) is 128 Å². The van der Waals surface area contributed by atoms with Crippen molar-refractivity contribution in [1.29, 1.82) is 0 Å². The SMILES string of the molecule is CC(C)(C)OC(=O)N(COCC[Si](C)(C)C)C1=N[C@](C)(c2cc(B3OC(C)(C)C(C)(C)O3)ccc2F)C=CS1.Cc1ccc(S(=O)(=O)O)cc1.[C-]#[N+]c1ccc(/C(F)=C/I)nc1.[C-]#[N+]c1ccc(/C(F)=C/c2ccc(F)c([C@]3(C)C=CSC(N)=N3)c2)nc1. The van der Waals surface area contributed by atoms with E-state index in [0.29, 0.717) is 50.5 Å². The van der Waals surface area contributed by atoms with Crippen molar-refractivity contribution in [3.63, 3.8) is 0 Å². The molecule has 1 amide bonds. The Labute approximate surface area is 537 Å². The Hall–Kier alpha value is -6.47. The van der Waals surface area contributed by atoms with Gasteiger partial charge in [-0.15, -0.1) is 0 Å². The van der Waals surface area contributed by atoms with Crippen LogP contribution < -0.4 is 11.2 Å². The summed E-state index contributed by atoms with van der Waals surface area (Å²) < 4.78 is 112. The van der Waals surface area contributed by atoms with Crippen LogP contribution in [-0.4, -0.2) is 89.6 Å². The Balaban J connectivity index is 0.000000244. The number of amidine groups is 2. The van der Waals surface area contributed by atoms with Gasteiger partial charge in [-0.05, 0) is 180 Å². The normalized spacial score (nSPS) is 18.8. The van der Waals surface area contributed by atoms with E-state index in [0.717, 1.165) is 11.6 Å². The van der Waals surface area contributed by atoms with Crippen LogP contribution in [0.15, 0.2) is 139 Å². The van der Waals surface area contributed by atoms with E-state index in [1.807, 2.05) is 73.8 Å². The maximum Gasteiger partial charge on any atom is 0.494 e. The van der Waals surface area contributed by atoms with Gasteiger partial charge < -0.3 is 24.5 Å². The zero-order chi connectivity index (χ0) is 65.6. The Morgan fingerprint density at radius 1 is 0.807 bits per heavy atom. The Kier molecular flexibility index (Phi) is 24.9. The summed E-state index contributed by atoms with van der Waals surface area (Å²) in [6.45, 7) is 39.6. The molecule has 3 aliphatic heterocycles. The Morgan fingerprint density at radius 3 is 1.82 bits per heavy atom. The molecule has 0 radical (unpaired) electrons. The molecule has 0 bridgehead atoms. The Morgan fingerprint density at radius 2 is 1.33 bits per heavy atom. The van der Waals surface area contributed by atoms with Crippen LogP contribution >= 0.6 is 46.1 Å².